The molecule has 1 aromatic carbocycles. The summed E-state index contributed by atoms with van der Waals surface area (Å²) in [6.07, 6.45) is 4.33. The summed E-state index contributed by atoms with van der Waals surface area (Å²) in [5.41, 5.74) is 2.13. The largest absolute Gasteiger partial charge is 0.357 e. The van der Waals surface area contributed by atoms with E-state index in [0.717, 1.165) is 35.9 Å². The van der Waals surface area contributed by atoms with Gasteiger partial charge in [-0.1, -0.05) is 18.2 Å². The molecule has 2 saturated heterocycles. The highest BCUT2D eigenvalue weighted by Crippen LogP contribution is 2.32. The van der Waals surface area contributed by atoms with Crippen LogP contribution in [0.3, 0.4) is 0 Å². The number of aromatic amines is 1. The molecule has 2 aliphatic heterocycles. The second-order valence-corrected chi connectivity index (χ2v) is 9.73. The number of piperidine rings is 1. The third-order valence-electron chi connectivity index (χ3n) is 5.62. The quantitative estimate of drug-likeness (QED) is 0.865. The van der Waals surface area contributed by atoms with Crippen LogP contribution < -0.4 is 5.32 Å². The number of para-hydroxylation sites is 1. The number of hydrogen-bond donors (Lipinski definition) is 2. The minimum absolute atomic E-state index is 0.0105. The van der Waals surface area contributed by atoms with Crippen molar-refractivity contribution < 1.29 is 13.2 Å². The Morgan fingerprint density at radius 1 is 1.19 bits per heavy atom. The highest BCUT2D eigenvalue weighted by Gasteiger charge is 2.33. The first kappa shape index (κ1) is 17.4. The molecule has 0 radical (unpaired) electrons. The van der Waals surface area contributed by atoms with Gasteiger partial charge in [-0.2, -0.15) is 0 Å². The molecule has 4 rings (SSSR count). The van der Waals surface area contributed by atoms with Crippen LogP contribution in [0.25, 0.3) is 10.9 Å². The van der Waals surface area contributed by atoms with Gasteiger partial charge in [0.2, 0.25) is 0 Å². The topological polar surface area (TPSA) is 82.3 Å². The SMILES string of the molecule is O=C(NC[C@H]1CCCS1(=O)=O)N1CCCC[C@@H]1c1cc2ccccc2[nH]1. The molecule has 0 saturated carbocycles. The number of aromatic nitrogens is 1. The number of carbonyl (C=O) groups is 1. The maximum atomic E-state index is 12.8. The number of fused-ring (bicyclic) bond motifs is 1. The van der Waals surface area contributed by atoms with E-state index in [0.29, 0.717) is 19.4 Å². The number of likely N-dealkylation sites (tertiary alicyclic amines) is 1. The van der Waals surface area contributed by atoms with Crippen molar-refractivity contribution in [2.45, 2.75) is 43.4 Å². The molecule has 2 atom stereocenters. The van der Waals surface area contributed by atoms with E-state index in [9.17, 15) is 13.2 Å². The Labute approximate surface area is 153 Å². The molecule has 0 spiro atoms. The van der Waals surface area contributed by atoms with E-state index in [-0.39, 0.29) is 24.4 Å². The molecule has 2 N–H and O–H groups in total. The lowest BCUT2D eigenvalue weighted by Gasteiger charge is -2.35. The summed E-state index contributed by atoms with van der Waals surface area (Å²) in [5.74, 6) is 0.245. The van der Waals surface area contributed by atoms with E-state index < -0.39 is 15.1 Å². The number of nitrogens with zero attached hydrogens (tertiary/aromatic N) is 1. The fraction of sp³-hybridized carbons (Fsp3) is 0.526. The number of benzene rings is 1. The van der Waals surface area contributed by atoms with Crippen LogP contribution in [0.2, 0.25) is 0 Å². The molecule has 26 heavy (non-hydrogen) atoms. The van der Waals surface area contributed by atoms with E-state index in [1.54, 1.807) is 0 Å². The minimum Gasteiger partial charge on any atom is -0.357 e. The molecule has 1 aromatic heterocycles. The normalized spacial score (nSPS) is 25.5. The van der Waals surface area contributed by atoms with Crippen molar-refractivity contribution in [1.29, 1.82) is 0 Å². The van der Waals surface area contributed by atoms with Crippen molar-refractivity contribution in [3.05, 3.63) is 36.0 Å². The smallest absolute Gasteiger partial charge is 0.318 e. The molecule has 0 aliphatic carbocycles. The van der Waals surface area contributed by atoms with Gasteiger partial charge in [0.05, 0.1) is 17.0 Å². The van der Waals surface area contributed by atoms with Crippen molar-refractivity contribution >= 4 is 26.8 Å². The molecule has 2 fully saturated rings. The summed E-state index contributed by atoms with van der Waals surface area (Å²) in [6, 6.07) is 10.1. The van der Waals surface area contributed by atoms with Crippen LogP contribution in [0.1, 0.15) is 43.8 Å². The van der Waals surface area contributed by atoms with Gasteiger partial charge >= 0.3 is 6.03 Å². The lowest BCUT2D eigenvalue weighted by Crippen LogP contribution is -2.47. The summed E-state index contributed by atoms with van der Waals surface area (Å²) < 4.78 is 23.9. The van der Waals surface area contributed by atoms with Gasteiger partial charge in [0.25, 0.3) is 0 Å². The summed E-state index contributed by atoms with van der Waals surface area (Å²) in [6.45, 7) is 0.917. The lowest BCUT2D eigenvalue weighted by molar-refractivity contribution is 0.150. The molecule has 2 amide bonds. The molecule has 0 bridgehead atoms. The Kier molecular flexibility index (Phi) is 4.65. The average molecular weight is 375 g/mol. The number of sulfone groups is 1. The Morgan fingerprint density at radius 2 is 2.04 bits per heavy atom. The number of H-pyrrole nitrogens is 1. The molecule has 3 heterocycles. The van der Waals surface area contributed by atoms with Crippen LogP contribution in [0.15, 0.2) is 30.3 Å². The Hall–Kier alpha value is -2.02. The van der Waals surface area contributed by atoms with Gasteiger partial charge in [-0.25, -0.2) is 13.2 Å². The van der Waals surface area contributed by atoms with Crippen molar-refractivity contribution in [3.8, 4) is 0 Å². The molecular weight excluding hydrogens is 350 g/mol. The first-order valence-corrected chi connectivity index (χ1v) is 11.1. The highest BCUT2D eigenvalue weighted by atomic mass is 32.2. The maximum absolute atomic E-state index is 12.8. The lowest BCUT2D eigenvalue weighted by atomic mass is 9.99. The number of urea groups is 1. The van der Waals surface area contributed by atoms with E-state index in [1.807, 2.05) is 23.1 Å². The van der Waals surface area contributed by atoms with Crippen molar-refractivity contribution in [1.82, 2.24) is 15.2 Å². The number of hydrogen-bond acceptors (Lipinski definition) is 3. The van der Waals surface area contributed by atoms with E-state index in [4.69, 9.17) is 0 Å². The van der Waals surface area contributed by atoms with Crippen LogP contribution >= 0.6 is 0 Å². The molecule has 0 unspecified atom stereocenters. The zero-order valence-corrected chi connectivity index (χ0v) is 15.6. The second kappa shape index (κ2) is 6.95. The van der Waals surface area contributed by atoms with Crippen LogP contribution in [0.4, 0.5) is 4.79 Å². The molecule has 140 valence electrons. The number of rotatable bonds is 3. The van der Waals surface area contributed by atoms with Crippen LogP contribution in [-0.4, -0.2) is 48.4 Å². The van der Waals surface area contributed by atoms with Gasteiger partial charge < -0.3 is 15.2 Å². The van der Waals surface area contributed by atoms with E-state index in [1.165, 1.54) is 0 Å². The zero-order chi connectivity index (χ0) is 18.1. The van der Waals surface area contributed by atoms with Crippen molar-refractivity contribution in [2.24, 2.45) is 0 Å². The fourth-order valence-corrected chi connectivity index (χ4v) is 5.93. The summed E-state index contributed by atoms with van der Waals surface area (Å²) in [7, 11) is -3.04. The van der Waals surface area contributed by atoms with Gasteiger partial charge in [-0.05, 0) is 49.6 Å². The summed E-state index contributed by atoms with van der Waals surface area (Å²) in [4.78, 5) is 18.1. The number of carbonyl (C=O) groups excluding carboxylic acids is 1. The first-order valence-electron chi connectivity index (χ1n) is 9.38. The standard InChI is InChI=1S/C19H25N3O3S/c23-19(20-13-15-7-5-11-26(15,24)25)22-10-4-3-9-18(22)17-12-14-6-1-2-8-16(14)21-17/h1-2,6,8,12,15,18,21H,3-5,7,9-11,13H2,(H,20,23)/t15-,18-/m1/s1. The van der Waals surface area contributed by atoms with Crippen LogP contribution in [0.5, 0.6) is 0 Å². The summed E-state index contributed by atoms with van der Waals surface area (Å²) >= 11 is 0. The number of nitrogens with one attached hydrogen (secondary N) is 2. The third kappa shape index (κ3) is 3.32. The Balaban J connectivity index is 1.49. The third-order valence-corrected chi connectivity index (χ3v) is 7.89. The molecule has 2 aliphatic rings. The van der Waals surface area contributed by atoms with Crippen LogP contribution in [0, 0.1) is 0 Å². The second-order valence-electron chi connectivity index (χ2n) is 7.33. The van der Waals surface area contributed by atoms with Crippen molar-refractivity contribution in [2.75, 3.05) is 18.8 Å². The molecule has 7 heteroatoms. The Morgan fingerprint density at radius 3 is 2.81 bits per heavy atom. The molecule has 6 nitrogen and oxygen atoms in total. The average Bonchev–Trinajstić information content (AvgIpc) is 3.22. The monoisotopic (exact) mass is 375 g/mol. The van der Waals surface area contributed by atoms with E-state index >= 15 is 0 Å². The predicted molar refractivity (Wildman–Crippen MR) is 102 cm³/mol. The predicted octanol–water partition coefficient (Wildman–Crippen LogP) is 2.98. The number of amides is 2. The molecule has 2 aromatic rings. The van der Waals surface area contributed by atoms with Gasteiger partial charge in [0.1, 0.15) is 0 Å². The van der Waals surface area contributed by atoms with Crippen molar-refractivity contribution in [3.63, 3.8) is 0 Å². The summed E-state index contributed by atoms with van der Waals surface area (Å²) in [5, 5.41) is 3.59. The fourth-order valence-electron chi connectivity index (χ4n) is 4.16. The van der Waals surface area contributed by atoms with Gasteiger partial charge in [0, 0.05) is 24.3 Å². The first-order chi connectivity index (χ1) is 12.5. The van der Waals surface area contributed by atoms with Gasteiger partial charge in [-0.15, -0.1) is 0 Å². The van der Waals surface area contributed by atoms with Crippen LogP contribution in [-0.2, 0) is 9.84 Å². The highest BCUT2D eigenvalue weighted by molar-refractivity contribution is 7.92. The van der Waals surface area contributed by atoms with E-state index in [2.05, 4.69) is 22.4 Å². The zero-order valence-electron chi connectivity index (χ0n) is 14.8. The van der Waals surface area contributed by atoms with Gasteiger partial charge in [0.15, 0.2) is 9.84 Å². The van der Waals surface area contributed by atoms with Gasteiger partial charge in [-0.3, -0.25) is 0 Å². The molecular formula is C19H25N3O3S. The maximum Gasteiger partial charge on any atom is 0.318 e. The minimum atomic E-state index is -3.04. The Bertz CT molecular complexity index is 873.